The summed E-state index contributed by atoms with van der Waals surface area (Å²) in [7, 11) is 0. The van der Waals surface area contributed by atoms with Crippen molar-refractivity contribution in [2.45, 2.75) is 58.8 Å². The molecule has 2 nitrogen and oxygen atoms in total. The first-order chi connectivity index (χ1) is 31.7. The molecule has 0 saturated heterocycles. The molecule has 9 aromatic rings. The van der Waals surface area contributed by atoms with Crippen LogP contribution in [0.4, 0.5) is 17.1 Å². The minimum absolute atomic E-state index is 0.571. The Hall–Kier alpha value is -7.56. The molecule has 1 saturated carbocycles. The molecular weight excluding hydrogens is 773 g/mol. The summed E-state index contributed by atoms with van der Waals surface area (Å²) < 4.78 is 2.40. The number of allylic oxidation sites excluding steroid dienone is 9. The van der Waals surface area contributed by atoms with Crippen molar-refractivity contribution in [3.63, 3.8) is 0 Å². The summed E-state index contributed by atoms with van der Waals surface area (Å²) >= 11 is 0. The first kappa shape index (κ1) is 38.1. The molecule has 0 amide bonds. The molecule has 0 radical (unpaired) electrons. The standard InChI is InChI=1S/C60H42N2.C2H6/c1-38-12-3-2-4-14-47(38)51-19-11-18-49(58(51)41-22-23-41)40-28-32-46(33-29-40)61(45-30-26-39(27-31-45)42-24-25-44-36-43-13-5-6-15-48(43)54(44)37-42)57-35-34-52-50-16-7-9-20-55(50)62-56-21-10-8-17-53(56)59(57)60(52)62;1-2/h2-3,6-8,10-12,14-19,21,24-35,37,41H,5,13,22-23,36H2,1H3;1-2H3. The molecule has 0 spiro atoms. The minimum Gasteiger partial charge on any atom is -0.310 e. The molecule has 64 heavy (non-hydrogen) atoms. The monoisotopic (exact) mass is 820 g/mol. The Morgan fingerprint density at radius 3 is 2.28 bits per heavy atom. The van der Waals surface area contributed by atoms with Gasteiger partial charge in [-0.3, -0.25) is 0 Å². The van der Waals surface area contributed by atoms with Crippen molar-refractivity contribution in [3.8, 4) is 22.3 Å². The van der Waals surface area contributed by atoms with Gasteiger partial charge >= 0.3 is 0 Å². The highest BCUT2D eigenvalue weighted by Crippen LogP contribution is 2.50. The Bertz CT molecular complexity index is 3520. The van der Waals surface area contributed by atoms with Crippen molar-refractivity contribution in [2.75, 3.05) is 4.90 Å². The number of rotatable bonds is 7. The number of benzene rings is 6. The number of nitrogens with zero attached hydrogens (tertiary/aromatic N) is 2. The van der Waals surface area contributed by atoms with Crippen LogP contribution in [-0.2, 0) is 6.42 Å². The van der Waals surface area contributed by atoms with Gasteiger partial charge in [-0.2, -0.15) is 0 Å². The molecule has 4 aliphatic carbocycles. The Morgan fingerprint density at radius 1 is 0.672 bits per heavy atom. The first-order valence-electron chi connectivity index (χ1n) is 23.1. The maximum atomic E-state index is 3.47. The summed E-state index contributed by atoms with van der Waals surface area (Å²) in [4.78, 5) is 2.47. The molecule has 0 N–H and O–H groups in total. The summed E-state index contributed by atoms with van der Waals surface area (Å²) in [6, 6.07) is 56.9. The van der Waals surface area contributed by atoms with Crippen LogP contribution in [0.3, 0.4) is 0 Å². The topological polar surface area (TPSA) is 7.65 Å². The molecule has 1 fully saturated rings. The fourth-order valence-electron chi connectivity index (χ4n) is 10.8. The van der Waals surface area contributed by atoms with E-state index in [1.165, 1.54) is 113 Å². The van der Waals surface area contributed by atoms with Crippen LogP contribution in [0.1, 0.15) is 74.6 Å². The maximum Gasteiger partial charge on any atom is 0.105 e. The minimum atomic E-state index is 0.571. The van der Waals surface area contributed by atoms with Gasteiger partial charge in [-0.25, -0.2) is 0 Å². The SMILES string of the molecule is CC.CC1=C(c2cccc(-c3ccc(N(c4ccc(-c5ccc6c(c5)C5=C(CCC=C5)C6)cc4)c4ccc5c6ccc#cc6n6c7ccccc7c4c56)cc3)c2C2CC2)C=C=CC=C1. The highest BCUT2D eigenvalue weighted by atomic mass is 15.1. The van der Waals surface area contributed by atoms with E-state index in [-0.39, 0.29) is 0 Å². The van der Waals surface area contributed by atoms with E-state index >= 15 is 0 Å². The van der Waals surface area contributed by atoms with Crippen molar-refractivity contribution in [1.82, 2.24) is 4.40 Å². The van der Waals surface area contributed by atoms with Gasteiger partial charge in [0.25, 0.3) is 0 Å². The fraction of sp³-hybridized carbons (Fsp3) is 0.145. The lowest BCUT2D eigenvalue weighted by molar-refractivity contribution is 0.935. The zero-order chi connectivity index (χ0) is 42.9. The van der Waals surface area contributed by atoms with Gasteiger partial charge in [0.2, 0.25) is 0 Å². The number of hydrogen-bond acceptors (Lipinski definition) is 1. The molecule has 2 heterocycles. The van der Waals surface area contributed by atoms with E-state index in [2.05, 4.69) is 192 Å². The smallest absolute Gasteiger partial charge is 0.105 e. The van der Waals surface area contributed by atoms with Crippen LogP contribution >= 0.6 is 0 Å². The van der Waals surface area contributed by atoms with Crippen LogP contribution in [0, 0.1) is 12.1 Å². The van der Waals surface area contributed by atoms with Crippen molar-refractivity contribution < 1.29 is 0 Å². The Morgan fingerprint density at radius 2 is 1.45 bits per heavy atom. The van der Waals surface area contributed by atoms with E-state index in [9.17, 15) is 0 Å². The zero-order valence-corrected chi connectivity index (χ0v) is 36.7. The van der Waals surface area contributed by atoms with Gasteiger partial charge in [-0.15, -0.1) is 5.73 Å². The van der Waals surface area contributed by atoms with Crippen molar-refractivity contribution in [2.24, 2.45) is 0 Å². The molecular formula is C62H48N2. The third-order valence-electron chi connectivity index (χ3n) is 13.9. The quantitative estimate of drug-likeness (QED) is 0.145. The Labute approximate surface area is 376 Å². The lowest BCUT2D eigenvalue weighted by atomic mass is 9.87. The van der Waals surface area contributed by atoms with E-state index in [1.54, 1.807) is 5.57 Å². The van der Waals surface area contributed by atoms with Crippen LogP contribution in [-0.4, -0.2) is 4.40 Å². The van der Waals surface area contributed by atoms with Crippen molar-refractivity contribution in [3.05, 3.63) is 221 Å². The van der Waals surface area contributed by atoms with E-state index in [0.717, 1.165) is 35.4 Å². The summed E-state index contributed by atoms with van der Waals surface area (Å²) in [6.07, 6.45) is 19.0. The second kappa shape index (κ2) is 15.4. The van der Waals surface area contributed by atoms with Gasteiger partial charge in [-0.05, 0) is 179 Å². The third kappa shape index (κ3) is 6.04. The van der Waals surface area contributed by atoms with Gasteiger partial charge in [0.15, 0.2) is 0 Å². The number of aromatic nitrogens is 1. The average Bonchev–Trinajstić information content (AvgIpc) is 4.00. The Balaban J connectivity index is 0.00000214. The van der Waals surface area contributed by atoms with Gasteiger partial charge < -0.3 is 9.30 Å². The van der Waals surface area contributed by atoms with Crippen LogP contribution in [0.25, 0.3) is 71.5 Å². The molecule has 0 unspecified atom stereocenters. The lowest BCUT2D eigenvalue weighted by Gasteiger charge is -2.27. The summed E-state index contributed by atoms with van der Waals surface area (Å²) in [5, 5.41) is 4.91. The van der Waals surface area contributed by atoms with E-state index < -0.39 is 0 Å². The predicted octanol–water partition coefficient (Wildman–Crippen LogP) is 16.9. The highest BCUT2D eigenvalue weighted by Gasteiger charge is 2.30. The normalized spacial score (nSPS) is 15.2. The molecule has 306 valence electrons. The van der Waals surface area contributed by atoms with Crippen molar-refractivity contribution >= 4 is 66.3 Å². The molecule has 0 aliphatic heterocycles. The zero-order valence-electron chi connectivity index (χ0n) is 36.7. The first-order valence-corrected chi connectivity index (χ1v) is 23.1. The maximum absolute atomic E-state index is 3.47. The van der Waals surface area contributed by atoms with Gasteiger partial charge in [0, 0.05) is 32.9 Å². The average molecular weight is 821 g/mol. The highest BCUT2D eigenvalue weighted by molar-refractivity contribution is 6.27. The van der Waals surface area contributed by atoms with E-state index in [1.807, 2.05) is 26.0 Å². The number of para-hydroxylation sites is 1. The predicted molar refractivity (Wildman–Crippen MR) is 271 cm³/mol. The summed E-state index contributed by atoms with van der Waals surface area (Å²) in [5.41, 5.74) is 26.5. The van der Waals surface area contributed by atoms with Crippen LogP contribution in [0.15, 0.2) is 187 Å². The van der Waals surface area contributed by atoms with Crippen molar-refractivity contribution in [1.29, 1.82) is 0 Å². The molecule has 2 heteroatoms. The molecule has 4 aliphatic rings. The Kier molecular flexibility index (Phi) is 9.15. The van der Waals surface area contributed by atoms with Gasteiger partial charge in [0.1, 0.15) is 5.52 Å². The number of fused-ring (bicyclic) bond motifs is 8. The number of anilines is 3. The third-order valence-corrected chi connectivity index (χ3v) is 13.9. The molecule has 0 atom stereocenters. The summed E-state index contributed by atoms with van der Waals surface area (Å²) in [6.45, 7) is 6.22. The second-order valence-corrected chi connectivity index (χ2v) is 17.5. The van der Waals surface area contributed by atoms with E-state index in [0.29, 0.717) is 5.92 Å². The van der Waals surface area contributed by atoms with Gasteiger partial charge in [-0.1, -0.05) is 129 Å². The largest absolute Gasteiger partial charge is 0.310 e. The van der Waals surface area contributed by atoms with E-state index in [4.69, 9.17) is 0 Å². The van der Waals surface area contributed by atoms with Gasteiger partial charge in [0.05, 0.1) is 16.7 Å². The summed E-state index contributed by atoms with van der Waals surface area (Å²) in [5.74, 6) is 0.571. The fourth-order valence-corrected chi connectivity index (χ4v) is 10.8. The van der Waals surface area contributed by atoms with Crippen LogP contribution in [0.2, 0.25) is 0 Å². The molecule has 13 rings (SSSR count). The molecule has 2 aromatic heterocycles. The van der Waals surface area contributed by atoms with Crippen LogP contribution < -0.4 is 4.90 Å². The second-order valence-electron chi connectivity index (χ2n) is 17.5. The van der Waals surface area contributed by atoms with Crippen LogP contribution in [0.5, 0.6) is 0 Å². The number of hydrogen-bond donors (Lipinski definition) is 0. The molecule has 0 bridgehead atoms. The lowest BCUT2D eigenvalue weighted by Crippen LogP contribution is -2.10. The molecule has 7 aromatic carbocycles.